The van der Waals surface area contributed by atoms with Crippen LogP contribution in [0.4, 0.5) is 0 Å². The minimum Gasteiger partial charge on any atom is -0.481 e. The number of nitrogens with zero attached hydrogens (tertiary/aromatic N) is 3. The molecule has 1 atom stereocenters. The van der Waals surface area contributed by atoms with E-state index in [0.29, 0.717) is 23.9 Å². The average molecular weight is 393 g/mol. The molecule has 0 N–H and O–H groups in total. The Bertz CT molecular complexity index is 950. The van der Waals surface area contributed by atoms with Gasteiger partial charge in [-0.15, -0.1) is 0 Å². The number of hydrogen-bond acceptors (Lipinski definition) is 5. The van der Waals surface area contributed by atoms with E-state index >= 15 is 0 Å². The molecular formula is C23H27N3O3. The first-order chi connectivity index (χ1) is 14.0. The molecule has 0 radical (unpaired) electrons. The fraction of sp³-hybridized carbons (Fsp3) is 0.348. The lowest BCUT2D eigenvalue weighted by atomic mass is 10.1. The summed E-state index contributed by atoms with van der Waals surface area (Å²) in [6.45, 7) is 6.27. The summed E-state index contributed by atoms with van der Waals surface area (Å²) in [6.07, 6.45) is 0.969. The summed E-state index contributed by atoms with van der Waals surface area (Å²) in [7, 11) is 1.71. The highest BCUT2D eigenvalue weighted by molar-refractivity contribution is 5.80. The minimum absolute atomic E-state index is 0.123. The summed E-state index contributed by atoms with van der Waals surface area (Å²) in [4.78, 5) is 18.8. The lowest BCUT2D eigenvalue weighted by molar-refractivity contribution is -0.138. The maximum absolute atomic E-state index is 12.8. The fourth-order valence-corrected chi connectivity index (χ4v) is 3.02. The molecule has 6 heteroatoms. The molecule has 1 heterocycles. The van der Waals surface area contributed by atoms with Gasteiger partial charge in [-0.05, 0) is 43.5 Å². The van der Waals surface area contributed by atoms with E-state index in [-0.39, 0.29) is 12.5 Å². The van der Waals surface area contributed by atoms with Crippen molar-refractivity contribution in [1.82, 2.24) is 15.0 Å². The fourth-order valence-electron chi connectivity index (χ4n) is 3.02. The highest BCUT2D eigenvalue weighted by Crippen LogP contribution is 2.19. The second-order valence-corrected chi connectivity index (χ2v) is 7.09. The molecule has 3 aromatic rings. The van der Waals surface area contributed by atoms with Gasteiger partial charge in [0.25, 0.3) is 5.91 Å². The lowest BCUT2D eigenvalue weighted by Crippen LogP contribution is -2.39. The van der Waals surface area contributed by atoms with Crippen LogP contribution in [0.15, 0.2) is 53.1 Å². The van der Waals surface area contributed by atoms with Crippen molar-refractivity contribution in [3.63, 3.8) is 0 Å². The number of aryl methyl sites for hydroxylation is 2. The number of aromatic nitrogens is 2. The molecule has 0 fully saturated rings. The van der Waals surface area contributed by atoms with Crippen molar-refractivity contribution in [2.75, 3.05) is 7.05 Å². The van der Waals surface area contributed by atoms with E-state index in [9.17, 15) is 4.79 Å². The third-order valence-corrected chi connectivity index (χ3v) is 4.75. The normalized spacial score (nSPS) is 11.9. The average Bonchev–Trinajstić information content (AvgIpc) is 3.20. The van der Waals surface area contributed by atoms with E-state index in [0.717, 1.165) is 17.5 Å². The zero-order chi connectivity index (χ0) is 20.8. The van der Waals surface area contributed by atoms with Crippen molar-refractivity contribution in [3.8, 4) is 17.1 Å². The molecule has 6 nitrogen and oxygen atoms in total. The number of carbonyl (C=O) groups excluding carboxylic acids is 1. The Labute approximate surface area is 171 Å². The van der Waals surface area contributed by atoms with Gasteiger partial charge in [0.2, 0.25) is 11.7 Å². The second kappa shape index (κ2) is 9.37. The van der Waals surface area contributed by atoms with Crippen LogP contribution in [0.2, 0.25) is 0 Å². The Kier molecular flexibility index (Phi) is 6.65. The predicted octanol–water partition coefficient (Wildman–Crippen LogP) is 4.42. The highest BCUT2D eigenvalue weighted by atomic mass is 16.5. The SMILES string of the molecule is CCc1ccc(OC(CC)C(=O)N(C)Cc2nc(-c3cccc(C)c3)no2)cc1. The first-order valence-corrected chi connectivity index (χ1v) is 9.90. The van der Waals surface area contributed by atoms with Crippen LogP contribution in [0.25, 0.3) is 11.4 Å². The smallest absolute Gasteiger partial charge is 0.263 e. The van der Waals surface area contributed by atoms with E-state index < -0.39 is 6.10 Å². The van der Waals surface area contributed by atoms with Crippen molar-refractivity contribution in [2.45, 2.75) is 46.3 Å². The van der Waals surface area contributed by atoms with Gasteiger partial charge >= 0.3 is 0 Å². The summed E-state index contributed by atoms with van der Waals surface area (Å²) < 4.78 is 11.3. The van der Waals surface area contributed by atoms with Crippen LogP contribution in [0.3, 0.4) is 0 Å². The van der Waals surface area contributed by atoms with Gasteiger partial charge in [-0.3, -0.25) is 4.79 Å². The maximum Gasteiger partial charge on any atom is 0.263 e. The Morgan fingerprint density at radius 1 is 1.17 bits per heavy atom. The largest absolute Gasteiger partial charge is 0.481 e. The van der Waals surface area contributed by atoms with Crippen molar-refractivity contribution in [2.24, 2.45) is 0 Å². The molecule has 0 saturated heterocycles. The van der Waals surface area contributed by atoms with Gasteiger partial charge < -0.3 is 14.2 Å². The second-order valence-electron chi connectivity index (χ2n) is 7.09. The van der Waals surface area contributed by atoms with Gasteiger partial charge in [0.05, 0.1) is 6.54 Å². The number of hydrogen-bond donors (Lipinski definition) is 0. The number of rotatable bonds is 8. The number of amides is 1. The van der Waals surface area contributed by atoms with Gasteiger partial charge in [-0.2, -0.15) is 4.98 Å². The molecular weight excluding hydrogens is 366 g/mol. The van der Waals surface area contributed by atoms with E-state index in [2.05, 4.69) is 17.1 Å². The molecule has 1 amide bonds. The van der Waals surface area contributed by atoms with Crippen molar-refractivity contribution in [1.29, 1.82) is 0 Å². The standard InChI is InChI=1S/C23H27N3O3/c1-5-17-10-12-19(13-11-17)28-20(6-2)23(27)26(4)15-21-24-22(25-29-21)18-9-7-8-16(3)14-18/h7-14,20H,5-6,15H2,1-4H3. The van der Waals surface area contributed by atoms with Crippen molar-refractivity contribution < 1.29 is 14.1 Å². The summed E-state index contributed by atoms with van der Waals surface area (Å²) in [5.41, 5.74) is 3.24. The lowest BCUT2D eigenvalue weighted by Gasteiger charge is -2.22. The molecule has 0 bridgehead atoms. The van der Waals surface area contributed by atoms with Crippen LogP contribution >= 0.6 is 0 Å². The van der Waals surface area contributed by atoms with Crippen LogP contribution in [-0.2, 0) is 17.8 Å². The molecule has 0 aliphatic rings. The molecule has 1 aromatic heterocycles. The third-order valence-electron chi connectivity index (χ3n) is 4.75. The maximum atomic E-state index is 12.8. The molecule has 0 aliphatic carbocycles. The molecule has 0 spiro atoms. The van der Waals surface area contributed by atoms with E-state index in [1.54, 1.807) is 11.9 Å². The zero-order valence-electron chi connectivity index (χ0n) is 17.4. The third kappa shape index (κ3) is 5.22. The van der Waals surface area contributed by atoms with Gasteiger partial charge in [0.15, 0.2) is 6.10 Å². The minimum atomic E-state index is -0.563. The molecule has 2 aromatic carbocycles. The predicted molar refractivity (Wildman–Crippen MR) is 111 cm³/mol. The first-order valence-electron chi connectivity index (χ1n) is 9.90. The molecule has 29 heavy (non-hydrogen) atoms. The number of carbonyl (C=O) groups is 1. The highest BCUT2D eigenvalue weighted by Gasteiger charge is 2.24. The van der Waals surface area contributed by atoms with Gasteiger partial charge in [-0.25, -0.2) is 0 Å². The topological polar surface area (TPSA) is 68.5 Å². The van der Waals surface area contributed by atoms with Gasteiger partial charge in [-0.1, -0.05) is 54.9 Å². The van der Waals surface area contributed by atoms with E-state index in [1.807, 2.05) is 62.4 Å². The quantitative estimate of drug-likeness (QED) is 0.566. The molecule has 152 valence electrons. The Balaban J connectivity index is 1.64. The van der Waals surface area contributed by atoms with Crippen LogP contribution in [0, 0.1) is 6.92 Å². The van der Waals surface area contributed by atoms with Crippen LogP contribution in [-0.4, -0.2) is 34.1 Å². The molecule has 0 aliphatic heterocycles. The van der Waals surface area contributed by atoms with E-state index in [4.69, 9.17) is 9.26 Å². The monoisotopic (exact) mass is 393 g/mol. The summed E-state index contributed by atoms with van der Waals surface area (Å²) in [6, 6.07) is 15.7. The summed E-state index contributed by atoms with van der Waals surface area (Å²) in [5.74, 6) is 1.47. The van der Waals surface area contributed by atoms with Crippen molar-refractivity contribution in [3.05, 3.63) is 65.5 Å². The summed E-state index contributed by atoms with van der Waals surface area (Å²) in [5, 5.41) is 4.03. The molecule has 0 saturated carbocycles. The molecule has 1 unspecified atom stereocenters. The van der Waals surface area contributed by atoms with Crippen molar-refractivity contribution >= 4 is 5.91 Å². The number of benzene rings is 2. The van der Waals surface area contributed by atoms with Crippen LogP contribution in [0.5, 0.6) is 5.75 Å². The van der Waals surface area contributed by atoms with Crippen LogP contribution in [0.1, 0.15) is 37.3 Å². The number of likely N-dealkylation sites (N-methyl/N-ethyl adjacent to an activating group) is 1. The first kappa shape index (κ1) is 20.6. The zero-order valence-corrected chi connectivity index (χ0v) is 17.4. The Morgan fingerprint density at radius 2 is 1.93 bits per heavy atom. The Hall–Kier alpha value is -3.15. The molecule has 3 rings (SSSR count). The van der Waals surface area contributed by atoms with E-state index in [1.165, 1.54) is 5.56 Å². The number of ether oxygens (including phenoxy) is 1. The Morgan fingerprint density at radius 3 is 2.59 bits per heavy atom. The van der Waals surface area contributed by atoms with Gasteiger partial charge in [0.1, 0.15) is 5.75 Å². The van der Waals surface area contributed by atoms with Crippen LogP contribution < -0.4 is 4.74 Å². The summed E-state index contributed by atoms with van der Waals surface area (Å²) >= 11 is 0. The van der Waals surface area contributed by atoms with Gasteiger partial charge in [0, 0.05) is 12.6 Å².